The lowest BCUT2D eigenvalue weighted by Gasteiger charge is -2.33. The minimum absolute atomic E-state index is 0.429. The molecule has 1 N–H and O–H groups in total. The minimum atomic E-state index is 0.429. The molecule has 0 saturated heterocycles. The molecule has 0 radical (unpaired) electrons. The Kier molecular flexibility index (Phi) is 8.56. The van der Waals surface area contributed by atoms with Crippen LogP contribution in [0.1, 0.15) is 108 Å². The number of hydrogen-bond donors (Lipinski definition) is 1. The maximum absolute atomic E-state index is 5.06. The summed E-state index contributed by atoms with van der Waals surface area (Å²) in [6.45, 7) is 24.2. The van der Waals surface area contributed by atoms with Gasteiger partial charge in [-0.2, -0.15) is 5.70 Å². The molecule has 0 saturated carbocycles. The highest BCUT2D eigenvalue weighted by Gasteiger charge is 2.14. The Bertz CT molecular complexity index is 877. The number of hydrogen-bond acceptors (Lipinski definition) is 1. The van der Waals surface area contributed by atoms with Gasteiger partial charge in [0, 0.05) is 11.4 Å². The topological polar surface area (TPSA) is 26.1 Å². The second kappa shape index (κ2) is 10.7. The van der Waals surface area contributed by atoms with Gasteiger partial charge in [-0.15, -0.1) is 5.69 Å². The summed E-state index contributed by atoms with van der Waals surface area (Å²) in [5.41, 5.74) is 9.36. The lowest BCUT2D eigenvalue weighted by atomic mass is 9.92. The summed E-state index contributed by atoms with van der Waals surface area (Å²) in [5, 5.41) is 8.66. The van der Waals surface area contributed by atoms with Gasteiger partial charge in [-0.1, -0.05) is 122 Å². The van der Waals surface area contributed by atoms with E-state index in [0.29, 0.717) is 23.7 Å². The number of allylic oxidation sites excluding steroid dienone is 2. The van der Waals surface area contributed by atoms with Crippen LogP contribution in [0.2, 0.25) is 0 Å². The van der Waals surface area contributed by atoms with Crippen LogP contribution in [0.4, 0.5) is 11.4 Å². The van der Waals surface area contributed by atoms with E-state index in [0.717, 1.165) is 17.1 Å². The highest BCUT2D eigenvalue weighted by Crippen LogP contribution is 2.40. The van der Waals surface area contributed by atoms with Crippen LogP contribution in [0.5, 0.6) is 0 Å². The molecule has 168 valence electrons. The fourth-order valence-corrected chi connectivity index (χ4v) is 3.99. The molecule has 0 atom stereocenters. The van der Waals surface area contributed by atoms with Crippen LogP contribution in [0.3, 0.4) is 0 Å². The van der Waals surface area contributed by atoms with Gasteiger partial charge in [0.1, 0.15) is 0 Å². The summed E-state index contributed by atoms with van der Waals surface area (Å²) in [5.74, 6) is 1.74. The van der Waals surface area contributed by atoms with Gasteiger partial charge in [0.2, 0.25) is 0 Å². The molecule has 0 heterocycles. The first-order valence-corrected chi connectivity index (χ1v) is 11.6. The third kappa shape index (κ3) is 6.26. The fraction of sp³-hybridized carbons (Fsp3) is 0.448. The normalized spacial score (nSPS) is 12.2. The van der Waals surface area contributed by atoms with Gasteiger partial charge >= 0.3 is 0 Å². The minimum Gasteiger partial charge on any atom is -0.661 e. The number of nitrogens with zero attached hydrogens (tertiary/aromatic N) is 1. The van der Waals surface area contributed by atoms with Crippen molar-refractivity contribution in [3.8, 4) is 0 Å². The molecule has 0 aromatic heterocycles. The van der Waals surface area contributed by atoms with Crippen molar-refractivity contribution in [3.05, 3.63) is 88.0 Å². The molecular formula is C29H41N2-. The molecule has 0 bridgehead atoms. The van der Waals surface area contributed by atoms with Gasteiger partial charge in [-0.25, -0.2) is 0 Å². The van der Waals surface area contributed by atoms with Crippen molar-refractivity contribution >= 4 is 11.4 Å². The van der Waals surface area contributed by atoms with Crippen LogP contribution in [0.25, 0.3) is 5.32 Å². The fourth-order valence-electron chi connectivity index (χ4n) is 3.99. The molecular weight excluding hydrogens is 376 g/mol. The molecule has 31 heavy (non-hydrogen) atoms. The van der Waals surface area contributed by atoms with Crippen LogP contribution < -0.4 is 5.32 Å². The molecule has 2 nitrogen and oxygen atoms in total. The van der Waals surface area contributed by atoms with Crippen molar-refractivity contribution in [2.45, 2.75) is 86.0 Å². The van der Waals surface area contributed by atoms with Gasteiger partial charge in [-0.05, 0) is 34.8 Å². The molecule has 0 unspecified atom stereocenters. The van der Waals surface area contributed by atoms with E-state index in [1.54, 1.807) is 0 Å². The Morgan fingerprint density at radius 1 is 0.742 bits per heavy atom. The van der Waals surface area contributed by atoms with Crippen molar-refractivity contribution in [1.29, 1.82) is 0 Å². The summed E-state index contributed by atoms with van der Waals surface area (Å²) in [7, 11) is 0. The lowest BCUT2D eigenvalue weighted by molar-refractivity contribution is 0.837. The average molecular weight is 418 g/mol. The van der Waals surface area contributed by atoms with E-state index in [2.05, 4.69) is 117 Å². The summed E-state index contributed by atoms with van der Waals surface area (Å²) >= 11 is 0. The Morgan fingerprint density at radius 3 is 1.52 bits per heavy atom. The third-order valence-electron chi connectivity index (χ3n) is 5.67. The van der Waals surface area contributed by atoms with Crippen LogP contribution in [-0.4, -0.2) is 0 Å². The zero-order valence-electron chi connectivity index (χ0n) is 21.0. The van der Waals surface area contributed by atoms with Gasteiger partial charge in [0.05, 0.1) is 0 Å². The lowest BCUT2D eigenvalue weighted by Crippen LogP contribution is -2.06. The number of benzene rings is 2. The molecule has 0 fully saturated rings. The Labute approximate surface area is 190 Å². The average Bonchev–Trinajstić information content (AvgIpc) is 2.67. The number of rotatable bonds is 9. The predicted molar refractivity (Wildman–Crippen MR) is 139 cm³/mol. The van der Waals surface area contributed by atoms with E-state index < -0.39 is 0 Å². The standard InChI is InChI=1S/C29H41N2/c1-18(2)24-13-11-14-25(19(3)4)28(24)30-22(9)17-23(10)31-29-26(20(5)6)15-12-16-27(29)21(7)8/h11-21,30H,9H2,1-8,10H3/q-1/b23-17+. The van der Waals surface area contributed by atoms with E-state index in [1.165, 1.54) is 27.9 Å². The smallest absolute Gasteiger partial charge is 0.0454 e. The van der Waals surface area contributed by atoms with E-state index in [-0.39, 0.29) is 0 Å². The summed E-state index contributed by atoms with van der Waals surface area (Å²) in [6, 6.07) is 13.1. The second-order valence-electron chi connectivity index (χ2n) is 9.76. The van der Waals surface area contributed by atoms with E-state index in [9.17, 15) is 0 Å². The van der Waals surface area contributed by atoms with Crippen molar-refractivity contribution in [3.63, 3.8) is 0 Å². The van der Waals surface area contributed by atoms with Crippen LogP contribution in [-0.2, 0) is 0 Å². The van der Waals surface area contributed by atoms with E-state index in [4.69, 9.17) is 5.32 Å². The zero-order valence-corrected chi connectivity index (χ0v) is 21.0. The molecule has 2 aromatic carbocycles. The summed E-state index contributed by atoms with van der Waals surface area (Å²) in [6.07, 6.45) is 2.06. The summed E-state index contributed by atoms with van der Waals surface area (Å²) in [4.78, 5) is 0. The SMILES string of the molecule is C=C(/C=C(\C)[N-]c1c(C(C)C)cccc1C(C)C)Nc1c(C(C)C)cccc1C(C)C. The first-order valence-electron chi connectivity index (χ1n) is 11.6. The van der Waals surface area contributed by atoms with E-state index >= 15 is 0 Å². The molecule has 0 aliphatic carbocycles. The quantitative estimate of drug-likeness (QED) is 0.404. The van der Waals surface area contributed by atoms with Gasteiger partial charge in [0.25, 0.3) is 0 Å². The Hall–Kier alpha value is -2.48. The molecule has 0 spiro atoms. The number of para-hydroxylation sites is 2. The monoisotopic (exact) mass is 417 g/mol. The van der Waals surface area contributed by atoms with Crippen molar-refractivity contribution < 1.29 is 0 Å². The molecule has 0 amide bonds. The molecule has 0 aliphatic heterocycles. The van der Waals surface area contributed by atoms with Crippen molar-refractivity contribution in [2.24, 2.45) is 0 Å². The van der Waals surface area contributed by atoms with Crippen LogP contribution >= 0.6 is 0 Å². The molecule has 2 aromatic rings. The van der Waals surface area contributed by atoms with E-state index in [1.807, 2.05) is 0 Å². The first kappa shape index (κ1) is 24.8. The highest BCUT2D eigenvalue weighted by atomic mass is 14.9. The van der Waals surface area contributed by atoms with Gasteiger partial charge < -0.3 is 10.6 Å². The maximum Gasteiger partial charge on any atom is 0.0454 e. The van der Waals surface area contributed by atoms with Crippen molar-refractivity contribution in [1.82, 2.24) is 0 Å². The Balaban J connectivity index is 2.35. The predicted octanol–water partition coefficient (Wildman–Crippen LogP) is 9.71. The maximum atomic E-state index is 5.06. The van der Waals surface area contributed by atoms with Crippen LogP contribution in [0.15, 0.2) is 60.4 Å². The van der Waals surface area contributed by atoms with Gasteiger partial charge in [0.15, 0.2) is 0 Å². The number of anilines is 1. The summed E-state index contributed by atoms with van der Waals surface area (Å²) < 4.78 is 0. The Morgan fingerprint density at radius 2 is 1.13 bits per heavy atom. The third-order valence-corrected chi connectivity index (χ3v) is 5.67. The van der Waals surface area contributed by atoms with Crippen LogP contribution in [0, 0.1) is 0 Å². The first-order chi connectivity index (χ1) is 14.5. The largest absolute Gasteiger partial charge is 0.661 e. The zero-order chi connectivity index (χ0) is 23.3. The molecule has 0 aliphatic rings. The highest BCUT2D eigenvalue weighted by molar-refractivity contribution is 5.68. The second-order valence-corrected chi connectivity index (χ2v) is 9.76. The molecule has 2 heteroatoms. The molecule has 2 rings (SSSR count). The van der Waals surface area contributed by atoms with Gasteiger partial charge in [-0.3, -0.25) is 0 Å². The number of nitrogens with one attached hydrogen (secondary N) is 1. The van der Waals surface area contributed by atoms with Crippen molar-refractivity contribution in [2.75, 3.05) is 5.32 Å².